The minimum absolute atomic E-state index is 0.0531. The van der Waals surface area contributed by atoms with Crippen LogP contribution in [0.2, 0.25) is 0 Å². The third-order valence-electron chi connectivity index (χ3n) is 5.70. The maximum absolute atomic E-state index is 12.2. The predicted molar refractivity (Wildman–Crippen MR) is 123 cm³/mol. The van der Waals surface area contributed by atoms with Gasteiger partial charge in [0.15, 0.2) is 0 Å². The van der Waals surface area contributed by atoms with Crippen LogP contribution >= 0.6 is 0 Å². The SMILES string of the molecule is CC(C)c1ccc(OCCC(=O)Nc2ccc(CN3CCCC(C(N)=O)C3)cc2)cc1. The highest BCUT2D eigenvalue weighted by molar-refractivity contribution is 5.90. The highest BCUT2D eigenvalue weighted by Crippen LogP contribution is 2.20. The van der Waals surface area contributed by atoms with E-state index in [1.165, 1.54) is 5.56 Å². The summed E-state index contributed by atoms with van der Waals surface area (Å²) in [6.45, 7) is 7.11. The monoisotopic (exact) mass is 423 g/mol. The summed E-state index contributed by atoms with van der Waals surface area (Å²) < 4.78 is 5.68. The average Bonchev–Trinajstić information content (AvgIpc) is 2.75. The molecule has 0 aliphatic carbocycles. The van der Waals surface area contributed by atoms with Crippen LogP contribution in [0.5, 0.6) is 5.75 Å². The lowest BCUT2D eigenvalue weighted by molar-refractivity contribution is -0.123. The van der Waals surface area contributed by atoms with E-state index in [1.54, 1.807) is 0 Å². The number of carbonyl (C=O) groups is 2. The Bertz CT molecular complexity index is 863. The quantitative estimate of drug-likeness (QED) is 0.640. The van der Waals surface area contributed by atoms with Crippen LogP contribution in [-0.4, -0.2) is 36.4 Å². The normalized spacial score (nSPS) is 16.8. The van der Waals surface area contributed by atoms with E-state index in [4.69, 9.17) is 10.5 Å². The number of hydrogen-bond donors (Lipinski definition) is 2. The molecule has 0 bridgehead atoms. The highest BCUT2D eigenvalue weighted by atomic mass is 16.5. The number of nitrogens with two attached hydrogens (primary N) is 1. The molecule has 31 heavy (non-hydrogen) atoms. The van der Waals surface area contributed by atoms with Crippen molar-refractivity contribution < 1.29 is 14.3 Å². The van der Waals surface area contributed by atoms with E-state index in [0.717, 1.165) is 42.9 Å². The van der Waals surface area contributed by atoms with Gasteiger partial charge in [0, 0.05) is 18.8 Å². The number of hydrogen-bond acceptors (Lipinski definition) is 4. The Kier molecular flexibility index (Phi) is 8.06. The number of carbonyl (C=O) groups excluding carboxylic acids is 2. The zero-order valence-corrected chi connectivity index (χ0v) is 18.5. The number of primary amides is 1. The molecule has 0 saturated carbocycles. The number of rotatable bonds is 9. The molecule has 2 amide bonds. The Morgan fingerprint density at radius 2 is 1.84 bits per heavy atom. The summed E-state index contributed by atoms with van der Waals surface area (Å²) in [5.41, 5.74) is 8.64. The Hall–Kier alpha value is -2.86. The summed E-state index contributed by atoms with van der Waals surface area (Å²) in [6.07, 6.45) is 2.16. The molecule has 1 aliphatic rings. The second-order valence-corrected chi connectivity index (χ2v) is 8.54. The fourth-order valence-electron chi connectivity index (χ4n) is 3.82. The molecule has 0 aromatic heterocycles. The fraction of sp³-hybridized carbons (Fsp3) is 0.440. The number of amides is 2. The number of nitrogens with one attached hydrogen (secondary N) is 1. The van der Waals surface area contributed by atoms with Crippen molar-refractivity contribution in [1.82, 2.24) is 4.90 Å². The third-order valence-corrected chi connectivity index (χ3v) is 5.70. The summed E-state index contributed by atoms with van der Waals surface area (Å²) in [5, 5.41) is 2.91. The molecule has 0 radical (unpaired) electrons. The molecular formula is C25H33N3O3. The summed E-state index contributed by atoms with van der Waals surface area (Å²) in [6, 6.07) is 15.8. The van der Waals surface area contributed by atoms with Gasteiger partial charge in [-0.05, 0) is 60.7 Å². The summed E-state index contributed by atoms with van der Waals surface area (Å²) in [7, 11) is 0. The van der Waals surface area contributed by atoms with Crippen LogP contribution in [0.4, 0.5) is 5.69 Å². The molecule has 1 atom stereocenters. The summed E-state index contributed by atoms with van der Waals surface area (Å²) in [4.78, 5) is 25.9. The Labute approximate surface area is 184 Å². The van der Waals surface area contributed by atoms with Gasteiger partial charge in [0.1, 0.15) is 5.75 Å². The van der Waals surface area contributed by atoms with Gasteiger partial charge in [-0.25, -0.2) is 0 Å². The van der Waals surface area contributed by atoms with Crippen LogP contribution in [0.15, 0.2) is 48.5 Å². The van der Waals surface area contributed by atoms with Gasteiger partial charge >= 0.3 is 0 Å². The average molecular weight is 424 g/mol. The molecule has 1 fully saturated rings. The molecule has 1 unspecified atom stereocenters. The molecule has 0 spiro atoms. The zero-order valence-electron chi connectivity index (χ0n) is 18.5. The minimum atomic E-state index is -0.209. The summed E-state index contributed by atoms with van der Waals surface area (Å²) >= 11 is 0. The number of nitrogens with zero attached hydrogens (tertiary/aromatic N) is 1. The van der Waals surface area contributed by atoms with Crippen LogP contribution in [0.25, 0.3) is 0 Å². The van der Waals surface area contributed by atoms with E-state index in [9.17, 15) is 9.59 Å². The first-order valence-corrected chi connectivity index (χ1v) is 11.0. The Morgan fingerprint density at radius 3 is 2.48 bits per heavy atom. The van der Waals surface area contributed by atoms with Crippen molar-refractivity contribution in [2.45, 2.75) is 45.6 Å². The van der Waals surface area contributed by atoms with Crippen LogP contribution in [0.1, 0.15) is 50.2 Å². The molecule has 3 N–H and O–H groups in total. The molecule has 3 rings (SSSR count). The van der Waals surface area contributed by atoms with Crippen molar-refractivity contribution >= 4 is 17.5 Å². The Morgan fingerprint density at radius 1 is 1.13 bits per heavy atom. The molecule has 6 nitrogen and oxygen atoms in total. The summed E-state index contributed by atoms with van der Waals surface area (Å²) in [5.74, 6) is 0.921. The first-order chi connectivity index (χ1) is 14.9. The molecular weight excluding hydrogens is 390 g/mol. The second kappa shape index (κ2) is 11.0. The number of anilines is 1. The van der Waals surface area contributed by atoms with Gasteiger partial charge in [0.25, 0.3) is 0 Å². The van der Waals surface area contributed by atoms with E-state index in [0.29, 0.717) is 19.1 Å². The maximum Gasteiger partial charge on any atom is 0.227 e. The van der Waals surface area contributed by atoms with Crippen molar-refractivity contribution in [2.24, 2.45) is 11.7 Å². The number of ether oxygens (including phenoxy) is 1. The molecule has 6 heteroatoms. The highest BCUT2D eigenvalue weighted by Gasteiger charge is 2.23. The minimum Gasteiger partial charge on any atom is -0.493 e. The number of likely N-dealkylation sites (tertiary alicyclic amines) is 1. The molecule has 166 valence electrons. The van der Waals surface area contributed by atoms with Gasteiger partial charge in [-0.3, -0.25) is 14.5 Å². The number of benzene rings is 2. The lowest BCUT2D eigenvalue weighted by Gasteiger charge is -2.31. The molecule has 1 aliphatic heterocycles. The zero-order chi connectivity index (χ0) is 22.2. The maximum atomic E-state index is 12.2. The molecule has 2 aromatic rings. The molecule has 1 saturated heterocycles. The smallest absolute Gasteiger partial charge is 0.227 e. The fourth-order valence-corrected chi connectivity index (χ4v) is 3.82. The largest absolute Gasteiger partial charge is 0.493 e. The van der Waals surface area contributed by atoms with Gasteiger partial charge in [-0.1, -0.05) is 38.1 Å². The van der Waals surface area contributed by atoms with Crippen LogP contribution in [0, 0.1) is 5.92 Å². The first kappa shape index (κ1) is 22.8. The van der Waals surface area contributed by atoms with Gasteiger partial charge in [0.2, 0.25) is 11.8 Å². The Balaban J connectivity index is 1.40. The van der Waals surface area contributed by atoms with Gasteiger partial charge < -0.3 is 15.8 Å². The van der Waals surface area contributed by atoms with E-state index < -0.39 is 0 Å². The van der Waals surface area contributed by atoms with Crippen molar-refractivity contribution in [3.63, 3.8) is 0 Å². The van der Waals surface area contributed by atoms with Crippen LogP contribution in [0.3, 0.4) is 0 Å². The predicted octanol–water partition coefficient (Wildman–Crippen LogP) is 3.91. The third kappa shape index (κ3) is 7.10. The van der Waals surface area contributed by atoms with E-state index >= 15 is 0 Å². The van der Waals surface area contributed by atoms with Crippen LogP contribution < -0.4 is 15.8 Å². The van der Waals surface area contributed by atoms with Crippen molar-refractivity contribution in [2.75, 3.05) is 25.0 Å². The van der Waals surface area contributed by atoms with Gasteiger partial charge in [0.05, 0.1) is 18.9 Å². The lowest BCUT2D eigenvalue weighted by atomic mass is 9.97. The lowest BCUT2D eigenvalue weighted by Crippen LogP contribution is -2.40. The van der Waals surface area contributed by atoms with E-state index in [1.807, 2.05) is 36.4 Å². The van der Waals surface area contributed by atoms with Gasteiger partial charge in [-0.15, -0.1) is 0 Å². The standard InChI is InChI=1S/C25H33N3O3/c1-18(2)20-7-11-23(12-8-20)31-15-13-24(29)27-22-9-5-19(6-10-22)16-28-14-3-4-21(17-28)25(26)30/h5-12,18,21H,3-4,13-17H2,1-2H3,(H2,26,30)(H,27,29). The first-order valence-electron chi connectivity index (χ1n) is 11.0. The van der Waals surface area contributed by atoms with Crippen LogP contribution in [-0.2, 0) is 16.1 Å². The van der Waals surface area contributed by atoms with Crippen molar-refractivity contribution in [3.05, 3.63) is 59.7 Å². The van der Waals surface area contributed by atoms with Gasteiger partial charge in [-0.2, -0.15) is 0 Å². The number of piperidine rings is 1. The second-order valence-electron chi connectivity index (χ2n) is 8.54. The topological polar surface area (TPSA) is 84.7 Å². The van der Waals surface area contributed by atoms with E-state index in [-0.39, 0.29) is 24.2 Å². The van der Waals surface area contributed by atoms with E-state index in [2.05, 4.69) is 36.2 Å². The van der Waals surface area contributed by atoms with Crippen molar-refractivity contribution in [3.8, 4) is 5.75 Å². The molecule has 1 heterocycles. The van der Waals surface area contributed by atoms with Crippen molar-refractivity contribution in [1.29, 1.82) is 0 Å². The molecule has 2 aromatic carbocycles.